The molecule has 3 rings (SSSR count). The highest BCUT2D eigenvalue weighted by molar-refractivity contribution is 7.98. The monoisotopic (exact) mass is 286 g/mol. The van der Waals surface area contributed by atoms with Gasteiger partial charge in [0.2, 0.25) is 5.91 Å². The summed E-state index contributed by atoms with van der Waals surface area (Å²) in [5.41, 5.74) is 1.14. The third kappa shape index (κ3) is 3.54. The van der Waals surface area contributed by atoms with Crippen molar-refractivity contribution in [2.45, 2.75) is 23.6 Å². The maximum Gasteiger partial charge on any atom is 0.228 e. The SMILES string of the molecule is O=C(Nc1ccc(SCc2cccnc2)nn1)C1CC1. The summed E-state index contributed by atoms with van der Waals surface area (Å²) >= 11 is 1.59. The number of carbonyl (C=O) groups is 1. The fourth-order valence-electron chi connectivity index (χ4n) is 1.68. The molecule has 0 bridgehead atoms. The number of nitrogens with zero attached hydrogens (tertiary/aromatic N) is 3. The standard InChI is InChI=1S/C14H14N4OS/c19-14(11-3-4-11)16-12-5-6-13(18-17-12)20-9-10-2-1-7-15-8-10/h1-2,5-8,11H,3-4,9H2,(H,16,17,19). The van der Waals surface area contributed by atoms with Gasteiger partial charge in [0.1, 0.15) is 5.03 Å². The van der Waals surface area contributed by atoms with Crippen LogP contribution in [-0.4, -0.2) is 21.1 Å². The summed E-state index contributed by atoms with van der Waals surface area (Å²) in [6, 6.07) is 7.60. The van der Waals surface area contributed by atoms with Crippen LogP contribution in [-0.2, 0) is 10.5 Å². The Labute approximate surface area is 121 Å². The van der Waals surface area contributed by atoms with E-state index < -0.39 is 0 Å². The molecule has 2 aromatic rings. The van der Waals surface area contributed by atoms with Gasteiger partial charge < -0.3 is 5.32 Å². The van der Waals surface area contributed by atoms with Crippen LogP contribution < -0.4 is 5.32 Å². The molecular formula is C14H14N4OS. The Morgan fingerprint density at radius 2 is 2.20 bits per heavy atom. The van der Waals surface area contributed by atoms with Crippen LogP contribution in [0.15, 0.2) is 41.7 Å². The molecule has 0 radical (unpaired) electrons. The molecule has 1 N–H and O–H groups in total. The maximum atomic E-state index is 11.6. The topological polar surface area (TPSA) is 67.8 Å². The fraction of sp³-hybridized carbons (Fsp3) is 0.286. The van der Waals surface area contributed by atoms with E-state index in [9.17, 15) is 4.79 Å². The number of thioether (sulfide) groups is 1. The minimum Gasteiger partial charge on any atom is -0.309 e. The lowest BCUT2D eigenvalue weighted by molar-refractivity contribution is -0.117. The van der Waals surface area contributed by atoms with E-state index in [1.54, 1.807) is 24.0 Å². The first-order valence-electron chi connectivity index (χ1n) is 6.47. The van der Waals surface area contributed by atoms with E-state index in [1.165, 1.54) is 0 Å². The summed E-state index contributed by atoms with van der Waals surface area (Å²) in [4.78, 5) is 15.6. The summed E-state index contributed by atoms with van der Waals surface area (Å²) < 4.78 is 0. The van der Waals surface area contributed by atoms with E-state index in [0.717, 1.165) is 29.2 Å². The Bertz CT molecular complexity index is 584. The second-order valence-corrected chi connectivity index (χ2v) is 5.67. The molecule has 1 aliphatic rings. The quantitative estimate of drug-likeness (QED) is 0.855. The molecule has 102 valence electrons. The molecule has 1 fully saturated rings. The van der Waals surface area contributed by atoms with Crippen LogP contribution in [0, 0.1) is 5.92 Å². The maximum absolute atomic E-state index is 11.6. The number of rotatable bonds is 5. The van der Waals surface area contributed by atoms with Crippen molar-refractivity contribution < 1.29 is 4.79 Å². The molecule has 0 saturated heterocycles. The fourth-order valence-corrected chi connectivity index (χ4v) is 2.43. The number of amides is 1. The number of pyridine rings is 1. The first-order valence-corrected chi connectivity index (χ1v) is 7.46. The Kier molecular flexibility index (Phi) is 3.92. The van der Waals surface area contributed by atoms with Crippen LogP contribution in [0.3, 0.4) is 0 Å². The minimum absolute atomic E-state index is 0.0510. The third-order valence-electron chi connectivity index (χ3n) is 2.95. The Balaban J connectivity index is 1.54. The van der Waals surface area contributed by atoms with Gasteiger partial charge in [0.25, 0.3) is 0 Å². The van der Waals surface area contributed by atoms with E-state index in [1.807, 2.05) is 24.4 Å². The number of nitrogens with one attached hydrogen (secondary N) is 1. The molecule has 20 heavy (non-hydrogen) atoms. The van der Waals surface area contributed by atoms with Crippen LogP contribution >= 0.6 is 11.8 Å². The van der Waals surface area contributed by atoms with Crippen LogP contribution in [0.5, 0.6) is 0 Å². The smallest absolute Gasteiger partial charge is 0.228 e. The minimum atomic E-state index is 0.0510. The van der Waals surface area contributed by atoms with Crippen molar-refractivity contribution in [1.82, 2.24) is 15.2 Å². The van der Waals surface area contributed by atoms with E-state index in [-0.39, 0.29) is 11.8 Å². The Morgan fingerprint density at radius 1 is 1.30 bits per heavy atom. The third-order valence-corrected chi connectivity index (χ3v) is 3.94. The number of anilines is 1. The zero-order chi connectivity index (χ0) is 13.8. The molecule has 0 aromatic carbocycles. The molecule has 0 aliphatic heterocycles. The highest BCUT2D eigenvalue weighted by Gasteiger charge is 2.29. The summed E-state index contributed by atoms with van der Waals surface area (Å²) in [6.07, 6.45) is 5.56. The van der Waals surface area contributed by atoms with Gasteiger partial charge in [0.15, 0.2) is 5.82 Å². The van der Waals surface area contributed by atoms with Gasteiger partial charge in [-0.05, 0) is 36.6 Å². The first-order chi connectivity index (χ1) is 9.81. The average Bonchev–Trinajstić information content (AvgIpc) is 3.32. The summed E-state index contributed by atoms with van der Waals surface area (Å²) in [6.45, 7) is 0. The number of hydrogen-bond acceptors (Lipinski definition) is 5. The first kappa shape index (κ1) is 13.1. The largest absolute Gasteiger partial charge is 0.309 e. The van der Waals surface area contributed by atoms with E-state index in [4.69, 9.17) is 0 Å². The van der Waals surface area contributed by atoms with Gasteiger partial charge in [-0.1, -0.05) is 17.8 Å². The zero-order valence-corrected chi connectivity index (χ0v) is 11.6. The molecule has 0 atom stereocenters. The highest BCUT2D eigenvalue weighted by atomic mass is 32.2. The van der Waals surface area contributed by atoms with Gasteiger partial charge in [0, 0.05) is 24.1 Å². The van der Waals surface area contributed by atoms with E-state index in [0.29, 0.717) is 5.82 Å². The molecule has 5 nitrogen and oxygen atoms in total. The highest BCUT2D eigenvalue weighted by Crippen LogP contribution is 2.30. The molecule has 6 heteroatoms. The van der Waals surface area contributed by atoms with Gasteiger partial charge in [-0.2, -0.15) is 0 Å². The van der Waals surface area contributed by atoms with Crippen molar-refractivity contribution in [2.24, 2.45) is 5.92 Å². The second-order valence-electron chi connectivity index (χ2n) is 4.67. The Morgan fingerprint density at radius 3 is 2.85 bits per heavy atom. The zero-order valence-electron chi connectivity index (χ0n) is 10.8. The summed E-state index contributed by atoms with van der Waals surface area (Å²) in [7, 11) is 0. The lowest BCUT2D eigenvalue weighted by Crippen LogP contribution is -2.14. The molecule has 1 amide bonds. The molecule has 2 aromatic heterocycles. The molecule has 1 saturated carbocycles. The lowest BCUT2D eigenvalue weighted by Gasteiger charge is -2.03. The van der Waals surface area contributed by atoms with Crippen molar-refractivity contribution in [3.05, 3.63) is 42.2 Å². The van der Waals surface area contributed by atoms with Gasteiger partial charge in [0.05, 0.1) is 0 Å². The number of aromatic nitrogens is 3. The Hall–Kier alpha value is -1.95. The average molecular weight is 286 g/mol. The van der Waals surface area contributed by atoms with Crippen molar-refractivity contribution in [2.75, 3.05) is 5.32 Å². The van der Waals surface area contributed by atoms with Gasteiger partial charge in [-0.3, -0.25) is 9.78 Å². The van der Waals surface area contributed by atoms with Crippen molar-refractivity contribution >= 4 is 23.5 Å². The summed E-state index contributed by atoms with van der Waals surface area (Å²) in [5, 5.41) is 11.7. The second kappa shape index (κ2) is 6.00. The van der Waals surface area contributed by atoms with Crippen molar-refractivity contribution in [3.63, 3.8) is 0 Å². The molecular weight excluding hydrogens is 272 g/mol. The van der Waals surface area contributed by atoms with Crippen molar-refractivity contribution in [3.8, 4) is 0 Å². The predicted octanol–water partition coefficient (Wildman–Crippen LogP) is 2.51. The van der Waals surface area contributed by atoms with Crippen LogP contribution in [0.2, 0.25) is 0 Å². The van der Waals surface area contributed by atoms with Gasteiger partial charge >= 0.3 is 0 Å². The summed E-state index contributed by atoms with van der Waals surface area (Å²) in [5.74, 6) is 1.55. The van der Waals surface area contributed by atoms with Crippen LogP contribution in [0.1, 0.15) is 18.4 Å². The van der Waals surface area contributed by atoms with Crippen molar-refractivity contribution in [1.29, 1.82) is 0 Å². The van der Waals surface area contributed by atoms with E-state index >= 15 is 0 Å². The normalized spacial score (nSPS) is 14.0. The van der Waals surface area contributed by atoms with E-state index in [2.05, 4.69) is 20.5 Å². The number of hydrogen-bond donors (Lipinski definition) is 1. The van der Waals surface area contributed by atoms with Crippen LogP contribution in [0.25, 0.3) is 0 Å². The molecule has 1 aliphatic carbocycles. The number of carbonyl (C=O) groups excluding carboxylic acids is 1. The molecule has 0 unspecified atom stereocenters. The molecule has 2 heterocycles. The van der Waals surface area contributed by atoms with Crippen LogP contribution in [0.4, 0.5) is 5.82 Å². The predicted molar refractivity (Wildman–Crippen MR) is 77.2 cm³/mol. The van der Waals surface area contributed by atoms with Gasteiger partial charge in [-0.25, -0.2) is 0 Å². The lowest BCUT2D eigenvalue weighted by atomic mass is 10.3. The van der Waals surface area contributed by atoms with Gasteiger partial charge in [-0.15, -0.1) is 10.2 Å². The molecule has 0 spiro atoms.